The summed E-state index contributed by atoms with van der Waals surface area (Å²) in [6, 6.07) is 11.1. The van der Waals surface area contributed by atoms with Crippen LogP contribution in [0.5, 0.6) is 11.5 Å². The molecule has 3 aliphatic rings. The largest absolute Gasteiger partial charge is 0.494 e. The van der Waals surface area contributed by atoms with E-state index in [1.54, 1.807) is 16.7 Å². The normalized spacial score (nSPS) is 16.8. The lowest BCUT2D eigenvalue weighted by Gasteiger charge is -2.32. The number of hydrogen-bond acceptors (Lipinski definition) is 6. The topological polar surface area (TPSA) is 54.4 Å². The van der Waals surface area contributed by atoms with Crippen LogP contribution in [0.25, 0.3) is 5.70 Å². The third kappa shape index (κ3) is 4.81. The van der Waals surface area contributed by atoms with Gasteiger partial charge in [0.15, 0.2) is 17.5 Å². The minimum atomic E-state index is -0.0497. The van der Waals surface area contributed by atoms with Gasteiger partial charge in [0.25, 0.3) is 5.91 Å². The number of fused-ring (bicyclic) bond motifs is 2. The number of unbranched alkanes of at least 4 members (excludes halogenated alkanes) is 2. The van der Waals surface area contributed by atoms with E-state index in [1.807, 2.05) is 36.4 Å². The number of nitrogens with zero attached hydrogens (tertiary/aromatic N) is 3. The smallest absolute Gasteiger partial charge is 0.265 e. The SMILES string of the molecule is O=C1COc2c(C3=CSC4=NCCN34)cc(Cl)cc2N1CCCCCOc1ccc(Cl)cc1. The van der Waals surface area contributed by atoms with Crippen LogP contribution in [0.2, 0.25) is 10.0 Å². The Bertz CT molecular complexity index is 1120. The Labute approximate surface area is 207 Å². The molecule has 0 fully saturated rings. The number of ether oxygens (including phenoxy) is 2. The molecule has 5 rings (SSSR count). The summed E-state index contributed by atoms with van der Waals surface area (Å²) in [6.45, 7) is 2.89. The molecule has 6 nitrogen and oxygen atoms in total. The second-order valence-corrected chi connectivity index (χ2v) is 9.64. The Morgan fingerprint density at radius 1 is 1.09 bits per heavy atom. The molecule has 3 heterocycles. The van der Waals surface area contributed by atoms with E-state index in [0.717, 1.165) is 60.2 Å². The summed E-state index contributed by atoms with van der Waals surface area (Å²) in [7, 11) is 0. The number of rotatable bonds is 8. The number of hydrogen-bond donors (Lipinski definition) is 0. The summed E-state index contributed by atoms with van der Waals surface area (Å²) in [5.41, 5.74) is 2.68. The lowest BCUT2D eigenvalue weighted by molar-refractivity contribution is -0.121. The lowest BCUT2D eigenvalue weighted by atomic mass is 10.1. The molecule has 0 bridgehead atoms. The molecule has 0 unspecified atom stereocenters. The molecule has 2 aromatic carbocycles. The molecular formula is C24H23Cl2N3O3S. The maximum absolute atomic E-state index is 12.7. The Balaban J connectivity index is 1.23. The molecule has 0 saturated carbocycles. The number of carbonyl (C=O) groups is 1. The number of anilines is 1. The number of aliphatic imine (C=N–C) groups is 1. The fourth-order valence-electron chi connectivity index (χ4n) is 4.11. The zero-order valence-electron chi connectivity index (χ0n) is 17.9. The first kappa shape index (κ1) is 22.4. The zero-order chi connectivity index (χ0) is 22.8. The first-order valence-electron chi connectivity index (χ1n) is 10.9. The molecule has 0 N–H and O–H groups in total. The van der Waals surface area contributed by atoms with E-state index >= 15 is 0 Å². The van der Waals surface area contributed by atoms with Crippen molar-refractivity contribution in [2.75, 3.05) is 37.7 Å². The predicted octanol–water partition coefficient (Wildman–Crippen LogP) is 5.68. The molecule has 0 saturated heterocycles. The number of benzene rings is 2. The third-order valence-corrected chi connectivity index (χ3v) is 7.09. The van der Waals surface area contributed by atoms with Crippen LogP contribution >= 0.6 is 35.0 Å². The quantitative estimate of drug-likeness (QED) is 0.433. The van der Waals surface area contributed by atoms with Crippen LogP contribution in [-0.4, -0.2) is 48.8 Å². The van der Waals surface area contributed by atoms with E-state index in [1.165, 1.54) is 0 Å². The molecule has 0 radical (unpaired) electrons. The van der Waals surface area contributed by atoms with Crippen LogP contribution in [0.15, 0.2) is 46.8 Å². The Morgan fingerprint density at radius 3 is 2.79 bits per heavy atom. The summed E-state index contributed by atoms with van der Waals surface area (Å²) in [4.78, 5) is 21.2. The fraction of sp³-hybridized carbons (Fsp3) is 0.333. The average Bonchev–Trinajstić information content (AvgIpc) is 3.42. The number of amidine groups is 1. The van der Waals surface area contributed by atoms with Gasteiger partial charge in [0, 0.05) is 34.1 Å². The summed E-state index contributed by atoms with van der Waals surface area (Å²) >= 11 is 14.0. The molecule has 33 heavy (non-hydrogen) atoms. The molecule has 3 aliphatic heterocycles. The van der Waals surface area contributed by atoms with Gasteiger partial charge in [-0.15, -0.1) is 0 Å². The molecule has 0 atom stereocenters. The van der Waals surface area contributed by atoms with Gasteiger partial charge >= 0.3 is 0 Å². The van der Waals surface area contributed by atoms with Crippen molar-refractivity contribution in [3.8, 4) is 11.5 Å². The number of carbonyl (C=O) groups excluding carboxylic acids is 1. The highest BCUT2D eigenvalue weighted by Gasteiger charge is 2.33. The highest BCUT2D eigenvalue weighted by Crippen LogP contribution is 2.45. The van der Waals surface area contributed by atoms with Gasteiger partial charge in [0.2, 0.25) is 0 Å². The monoisotopic (exact) mass is 503 g/mol. The molecule has 0 aliphatic carbocycles. The van der Waals surface area contributed by atoms with Gasteiger partial charge in [-0.3, -0.25) is 9.79 Å². The van der Waals surface area contributed by atoms with Crippen molar-refractivity contribution >= 4 is 57.4 Å². The minimum Gasteiger partial charge on any atom is -0.494 e. The van der Waals surface area contributed by atoms with Gasteiger partial charge in [-0.1, -0.05) is 35.0 Å². The van der Waals surface area contributed by atoms with Crippen molar-refractivity contribution in [2.24, 2.45) is 4.99 Å². The second-order valence-electron chi connectivity index (χ2n) is 7.94. The van der Waals surface area contributed by atoms with Crippen LogP contribution in [0, 0.1) is 0 Å². The van der Waals surface area contributed by atoms with E-state index in [4.69, 9.17) is 32.7 Å². The first-order chi connectivity index (χ1) is 16.1. The van der Waals surface area contributed by atoms with Crippen LogP contribution in [0.3, 0.4) is 0 Å². The third-order valence-electron chi connectivity index (χ3n) is 5.72. The van der Waals surface area contributed by atoms with Crippen molar-refractivity contribution in [3.63, 3.8) is 0 Å². The first-order valence-corrected chi connectivity index (χ1v) is 12.6. The van der Waals surface area contributed by atoms with E-state index in [9.17, 15) is 4.79 Å². The van der Waals surface area contributed by atoms with E-state index in [0.29, 0.717) is 28.9 Å². The number of amides is 1. The van der Waals surface area contributed by atoms with Crippen LogP contribution in [-0.2, 0) is 4.79 Å². The number of halogens is 2. The Morgan fingerprint density at radius 2 is 1.94 bits per heavy atom. The van der Waals surface area contributed by atoms with E-state index < -0.39 is 0 Å². The summed E-state index contributed by atoms with van der Waals surface area (Å²) in [5.74, 6) is 1.47. The predicted molar refractivity (Wildman–Crippen MR) is 135 cm³/mol. The van der Waals surface area contributed by atoms with E-state index in [-0.39, 0.29) is 12.5 Å². The van der Waals surface area contributed by atoms with Crippen LogP contribution in [0.4, 0.5) is 5.69 Å². The molecule has 2 aromatic rings. The van der Waals surface area contributed by atoms with E-state index in [2.05, 4.69) is 15.3 Å². The summed E-state index contributed by atoms with van der Waals surface area (Å²) in [5, 5.41) is 4.36. The highest BCUT2D eigenvalue weighted by atomic mass is 35.5. The van der Waals surface area contributed by atoms with Crippen molar-refractivity contribution in [3.05, 3.63) is 57.4 Å². The van der Waals surface area contributed by atoms with Crippen molar-refractivity contribution in [2.45, 2.75) is 19.3 Å². The molecule has 0 spiro atoms. The second kappa shape index (κ2) is 9.87. The van der Waals surface area contributed by atoms with Crippen LogP contribution < -0.4 is 14.4 Å². The highest BCUT2D eigenvalue weighted by molar-refractivity contribution is 8.16. The van der Waals surface area contributed by atoms with Gasteiger partial charge in [0.05, 0.1) is 24.5 Å². The molecular weight excluding hydrogens is 481 g/mol. The van der Waals surface area contributed by atoms with Gasteiger partial charge in [-0.05, 0) is 55.7 Å². The summed E-state index contributed by atoms with van der Waals surface area (Å²) < 4.78 is 11.7. The Kier molecular flexibility index (Phi) is 6.71. The maximum Gasteiger partial charge on any atom is 0.265 e. The minimum absolute atomic E-state index is 0.0304. The lowest BCUT2D eigenvalue weighted by Crippen LogP contribution is -2.40. The molecule has 9 heteroatoms. The van der Waals surface area contributed by atoms with Crippen molar-refractivity contribution in [1.82, 2.24) is 4.90 Å². The van der Waals surface area contributed by atoms with Gasteiger partial charge in [-0.2, -0.15) is 0 Å². The van der Waals surface area contributed by atoms with Gasteiger partial charge < -0.3 is 19.3 Å². The molecule has 172 valence electrons. The average molecular weight is 504 g/mol. The fourth-order valence-corrected chi connectivity index (χ4v) is 5.41. The zero-order valence-corrected chi connectivity index (χ0v) is 20.3. The van der Waals surface area contributed by atoms with Crippen molar-refractivity contribution in [1.29, 1.82) is 0 Å². The van der Waals surface area contributed by atoms with Gasteiger partial charge in [0.1, 0.15) is 5.75 Å². The Hall–Kier alpha value is -2.35. The maximum atomic E-state index is 12.7. The number of thioether (sulfide) groups is 1. The molecule has 1 amide bonds. The van der Waals surface area contributed by atoms with Crippen molar-refractivity contribution < 1.29 is 14.3 Å². The standard InChI is InChI=1S/C24H23Cl2N3O3S/c25-16-4-6-18(7-5-16)31-11-3-1-2-9-28-20-13-17(26)12-19(23(20)32-14-22(28)30)21-15-33-24-27-8-10-29(21)24/h4-7,12-13,15H,1-3,8-11,14H2. The summed E-state index contributed by atoms with van der Waals surface area (Å²) in [6.07, 6.45) is 2.70. The van der Waals surface area contributed by atoms with Crippen LogP contribution in [0.1, 0.15) is 24.8 Å². The molecule has 0 aromatic heterocycles. The van der Waals surface area contributed by atoms with Gasteiger partial charge in [-0.25, -0.2) is 0 Å².